The van der Waals surface area contributed by atoms with Gasteiger partial charge in [-0.1, -0.05) is 54.6 Å². The lowest BCUT2D eigenvalue weighted by Crippen LogP contribution is -2.29. The third kappa shape index (κ3) is 5.58. The highest BCUT2D eigenvalue weighted by Crippen LogP contribution is 2.27. The van der Waals surface area contributed by atoms with Crippen molar-refractivity contribution in [3.8, 4) is 11.5 Å². The Morgan fingerprint density at radius 1 is 0.706 bits per heavy atom. The average molecular weight is 450 g/mol. The van der Waals surface area contributed by atoms with Crippen LogP contribution in [0.3, 0.4) is 0 Å². The van der Waals surface area contributed by atoms with Gasteiger partial charge in [0, 0.05) is 5.56 Å². The van der Waals surface area contributed by atoms with Crippen molar-refractivity contribution >= 4 is 29.3 Å². The van der Waals surface area contributed by atoms with Crippen molar-refractivity contribution in [1.82, 2.24) is 0 Å². The summed E-state index contributed by atoms with van der Waals surface area (Å²) in [6.07, 6.45) is 2.65. The summed E-state index contributed by atoms with van der Waals surface area (Å²) in [6.45, 7) is 0. The number of rotatable bonds is 7. The summed E-state index contributed by atoms with van der Waals surface area (Å²) in [5.74, 6) is 0.931. The second-order valence-electron chi connectivity index (χ2n) is 7.37. The molecule has 34 heavy (non-hydrogen) atoms. The predicted molar refractivity (Wildman–Crippen MR) is 134 cm³/mol. The van der Waals surface area contributed by atoms with Crippen LogP contribution in [0, 0.1) is 0 Å². The van der Waals surface area contributed by atoms with Crippen molar-refractivity contribution in [2.45, 2.75) is 0 Å². The first-order chi connectivity index (χ1) is 16.6. The van der Waals surface area contributed by atoms with Crippen molar-refractivity contribution in [3.05, 3.63) is 126 Å². The van der Waals surface area contributed by atoms with E-state index in [0.717, 1.165) is 5.56 Å². The van der Waals surface area contributed by atoms with Crippen LogP contribution in [0.5, 0.6) is 11.5 Å². The van der Waals surface area contributed by atoms with Gasteiger partial charge in [0.25, 0.3) is 0 Å². The third-order valence-corrected chi connectivity index (χ3v) is 5.08. The molecule has 0 unspecified atom stereocenters. The number of para-hydroxylation sites is 2. The van der Waals surface area contributed by atoms with Crippen molar-refractivity contribution in [2.24, 2.45) is 0 Å². The second kappa shape index (κ2) is 10.8. The minimum atomic E-state index is -0.534. The summed E-state index contributed by atoms with van der Waals surface area (Å²) in [5, 5.41) is 0. The van der Waals surface area contributed by atoms with Crippen LogP contribution in [0.4, 0.5) is 16.2 Å². The quantitative estimate of drug-likeness (QED) is 0.227. The smallest absolute Gasteiger partial charge is 0.424 e. The molecule has 0 atom stereocenters. The molecule has 0 fully saturated rings. The lowest BCUT2D eigenvalue weighted by Gasteiger charge is -2.22. The van der Waals surface area contributed by atoms with E-state index >= 15 is 0 Å². The Balaban J connectivity index is 1.51. The summed E-state index contributed by atoms with van der Waals surface area (Å²) in [4.78, 5) is 27.1. The zero-order chi connectivity index (χ0) is 23.8. The van der Waals surface area contributed by atoms with Crippen LogP contribution in [0.25, 0.3) is 6.08 Å². The minimum Gasteiger partial charge on any atom is -0.497 e. The Morgan fingerprint density at radius 3 is 1.91 bits per heavy atom. The zero-order valence-electron chi connectivity index (χ0n) is 18.6. The van der Waals surface area contributed by atoms with E-state index in [1.54, 1.807) is 55.7 Å². The van der Waals surface area contributed by atoms with Crippen molar-refractivity contribution < 1.29 is 19.1 Å². The van der Waals surface area contributed by atoms with E-state index in [1.165, 1.54) is 11.0 Å². The molecule has 168 valence electrons. The maximum absolute atomic E-state index is 13.1. The number of allylic oxidation sites excluding steroid dienone is 1. The van der Waals surface area contributed by atoms with Gasteiger partial charge < -0.3 is 9.47 Å². The fourth-order valence-corrected chi connectivity index (χ4v) is 3.37. The lowest BCUT2D eigenvalue weighted by molar-refractivity contribution is 0.104. The molecule has 0 saturated carbocycles. The number of benzene rings is 4. The first kappa shape index (κ1) is 22.6. The van der Waals surface area contributed by atoms with Gasteiger partial charge in [0.2, 0.25) is 0 Å². The number of anilines is 2. The second-order valence-corrected chi connectivity index (χ2v) is 7.37. The summed E-state index contributed by atoms with van der Waals surface area (Å²) >= 11 is 0. The van der Waals surface area contributed by atoms with Gasteiger partial charge in [0.05, 0.1) is 18.5 Å². The van der Waals surface area contributed by atoms with Crippen LogP contribution in [0.2, 0.25) is 0 Å². The van der Waals surface area contributed by atoms with E-state index in [2.05, 4.69) is 0 Å². The van der Waals surface area contributed by atoms with Crippen LogP contribution in [-0.2, 0) is 0 Å². The Bertz CT molecular complexity index is 1240. The van der Waals surface area contributed by atoms with E-state index in [4.69, 9.17) is 9.47 Å². The number of carbonyl (C=O) groups is 2. The van der Waals surface area contributed by atoms with Crippen molar-refractivity contribution in [2.75, 3.05) is 12.0 Å². The average Bonchev–Trinajstić information content (AvgIpc) is 2.89. The van der Waals surface area contributed by atoms with Crippen LogP contribution < -0.4 is 14.4 Å². The summed E-state index contributed by atoms with van der Waals surface area (Å²) < 4.78 is 10.8. The molecule has 0 aromatic heterocycles. The van der Waals surface area contributed by atoms with Gasteiger partial charge in [0.1, 0.15) is 11.5 Å². The largest absolute Gasteiger partial charge is 0.497 e. The maximum atomic E-state index is 13.1. The Morgan fingerprint density at radius 2 is 1.32 bits per heavy atom. The highest BCUT2D eigenvalue weighted by molar-refractivity contribution is 6.06. The SMILES string of the molecule is COc1ccc(C(=O)C=Cc2cccc(OC(=O)N(c3ccccc3)c3ccccc3)c2)cc1. The number of ketones is 1. The Kier molecular flexibility index (Phi) is 7.16. The third-order valence-electron chi connectivity index (χ3n) is 5.08. The van der Waals surface area contributed by atoms with Crippen molar-refractivity contribution in [3.63, 3.8) is 0 Å². The van der Waals surface area contributed by atoms with Gasteiger partial charge in [-0.2, -0.15) is 0 Å². The number of ether oxygens (including phenoxy) is 2. The van der Waals surface area contributed by atoms with Gasteiger partial charge in [-0.05, 0) is 72.3 Å². The normalized spacial score (nSPS) is 10.6. The molecule has 5 nitrogen and oxygen atoms in total. The minimum absolute atomic E-state index is 0.135. The highest BCUT2D eigenvalue weighted by Gasteiger charge is 2.20. The molecule has 1 amide bonds. The van der Waals surface area contributed by atoms with Crippen LogP contribution in [0.15, 0.2) is 115 Å². The summed E-state index contributed by atoms with van der Waals surface area (Å²) in [7, 11) is 1.58. The number of amides is 1. The molecule has 0 aliphatic carbocycles. The van der Waals surface area contributed by atoms with E-state index in [9.17, 15) is 9.59 Å². The Labute approximate surface area is 198 Å². The number of methoxy groups -OCH3 is 1. The molecule has 0 radical (unpaired) electrons. The van der Waals surface area contributed by atoms with Crippen LogP contribution in [-0.4, -0.2) is 19.0 Å². The van der Waals surface area contributed by atoms with E-state index < -0.39 is 6.09 Å². The Hall–Kier alpha value is -4.64. The summed E-state index contributed by atoms with van der Waals surface area (Å²) in [6, 6.07) is 32.6. The summed E-state index contributed by atoms with van der Waals surface area (Å²) in [5.41, 5.74) is 2.68. The van der Waals surface area contributed by atoms with Crippen LogP contribution in [0.1, 0.15) is 15.9 Å². The molecule has 0 spiro atoms. The molecule has 0 heterocycles. The van der Waals surface area contributed by atoms with E-state index in [1.807, 2.05) is 66.7 Å². The first-order valence-corrected chi connectivity index (χ1v) is 10.7. The predicted octanol–water partition coefficient (Wildman–Crippen LogP) is 6.93. The molecule has 4 aromatic carbocycles. The van der Waals surface area contributed by atoms with Gasteiger partial charge >= 0.3 is 6.09 Å². The maximum Gasteiger partial charge on any atom is 0.424 e. The highest BCUT2D eigenvalue weighted by atomic mass is 16.6. The van der Waals surface area contributed by atoms with Crippen molar-refractivity contribution in [1.29, 1.82) is 0 Å². The fraction of sp³-hybridized carbons (Fsp3) is 0.0345. The lowest BCUT2D eigenvalue weighted by atomic mass is 10.1. The van der Waals surface area contributed by atoms with Gasteiger partial charge in [-0.25, -0.2) is 9.69 Å². The molecule has 0 bridgehead atoms. The molecule has 0 aliphatic heterocycles. The molecule has 5 heteroatoms. The first-order valence-electron chi connectivity index (χ1n) is 10.7. The number of hydrogen-bond acceptors (Lipinski definition) is 4. The molecule has 4 aromatic rings. The zero-order valence-corrected chi connectivity index (χ0v) is 18.6. The molecule has 0 aliphatic rings. The standard InChI is InChI=1S/C29H23NO4/c1-33-26-18-16-23(17-19-26)28(31)20-15-22-9-8-14-27(21-22)34-29(32)30(24-10-4-2-5-11-24)25-12-6-3-7-13-25/h2-21H,1H3. The topological polar surface area (TPSA) is 55.8 Å². The molecule has 4 rings (SSSR count). The van der Waals surface area contributed by atoms with Gasteiger partial charge in [-0.15, -0.1) is 0 Å². The molecule has 0 saturated heterocycles. The molecular weight excluding hydrogens is 426 g/mol. The fourth-order valence-electron chi connectivity index (χ4n) is 3.37. The number of hydrogen-bond donors (Lipinski definition) is 0. The van der Waals surface area contributed by atoms with Gasteiger partial charge in [-0.3, -0.25) is 4.79 Å². The van der Waals surface area contributed by atoms with Gasteiger partial charge in [0.15, 0.2) is 5.78 Å². The monoisotopic (exact) mass is 449 g/mol. The van der Waals surface area contributed by atoms with E-state index in [0.29, 0.717) is 28.4 Å². The molecular formula is C29H23NO4. The van der Waals surface area contributed by atoms with E-state index in [-0.39, 0.29) is 5.78 Å². The molecule has 0 N–H and O–H groups in total. The number of nitrogens with zero attached hydrogens (tertiary/aromatic N) is 1. The van der Waals surface area contributed by atoms with Crippen LogP contribution >= 0.6 is 0 Å². The number of carbonyl (C=O) groups excluding carboxylic acids is 2.